The van der Waals surface area contributed by atoms with Crippen LogP contribution >= 0.6 is 12.4 Å². The number of nitrogens with two attached hydrogens (primary N) is 1. The third-order valence-electron chi connectivity index (χ3n) is 2.44. The van der Waals surface area contributed by atoms with E-state index in [-0.39, 0.29) is 17.9 Å². The van der Waals surface area contributed by atoms with Gasteiger partial charge in [0.2, 0.25) is 0 Å². The van der Waals surface area contributed by atoms with Gasteiger partial charge in [0.1, 0.15) is 12.4 Å². The normalized spacial score (nSPS) is 17.0. The quantitative estimate of drug-likeness (QED) is 0.836. The Labute approximate surface area is 90.9 Å². The van der Waals surface area contributed by atoms with Gasteiger partial charge < -0.3 is 10.5 Å². The third kappa shape index (κ3) is 2.89. The first kappa shape index (κ1) is 11.3. The predicted octanol–water partition coefficient (Wildman–Crippen LogP) is 2.29. The molecule has 2 rings (SSSR count). The van der Waals surface area contributed by atoms with Crippen molar-refractivity contribution < 1.29 is 4.74 Å². The molecule has 1 aliphatic carbocycles. The molecule has 0 aliphatic heterocycles. The minimum absolute atomic E-state index is 0. The van der Waals surface area contributed by atoms with Gasteiger partial charge in [-0.1, -0.05) is 17.7 Å². The maximum absolute atomic E-state index is 5.90. The van der Waals surface area contributed by atoms with Gasteiger partial charge in [-0.3, -0.25) is 0 Å². The van der Waals surface area contributed by atoms with Crippen LogP contribution in [0.1, 0.15) is 18.4 Å². The number of halogens is 1. The molecule has 2 nitrogen and oxygen atoms in total. The van der Waals surface area contributed by atoms with Crippen LogP contribution in [0.5, 0.6) is 5.75 Å². The summed E-state index contributed by atoms with van der Waals surface area (Å²) in [5.41, 5.74) is 7.13. The molecule has 1 aromatic rings. The van der Waals surface area contributed by atoms with Crippen molar-refractivity contribution in [3.63, 3.8) is 0 Å². The van der Waals surface area contributed by atoms with Gasteiger partial charge in [-0.05, 0) is 31.9 Å². The first-order chi connectivity index (χ1) is 6.18. The molecule has 0 bridgehead atoms. The molecule has 78 valence electrons. The standard InChI is InChI=1S/C11H15NO.ClH/c1-9-2-4-10(5-3-9)13-8-11(12)6-7-11;/h2-5H,6-8,12H2,1H3;1H. The minimum Gasteiger partial charge on any atom is -0.492 e. The van der Waals surface area contributed by atoms with Crippen molar-refractivity contribution >= 4 is 12.4 Å². The van der Waals surface area contributed by atoms with E-state index in [2.05, 4.69) is 6.92 Å². The van der Waals surface area contributed by atoms with E-state index in [9.17, 15) is 0 Å². The van der Waals surface area contributed by atoms with Crippen molar-refractivity contribution in [3.05, 3.63) is 29.8 Å². The fourth-order valence-electron chi connectivity index (χ4n) is 1.17. The van der Waals surface area contributed by atoms with Gasteiger partial charge in [-0.15, -0.1) is 12.4 Å². The number of hydrogen-bond acceptors (Lipinski definition) is 2. The van der Waals surface area contributed by atoms with Crippen LogP contribution in [-0.4, -0.2) is 12.1 Å². The van der Waals surface area contributed by atoms with Crippen molar-refractivity contribution in [1.29, 1.82) is 0 Å². The van der Waals surface area contributed by atoms with E-state index in [1.165, 1.54) is 5.56 Å². The molecule has 2 N–H and O–H groups in total. The second-order valence-electron chi connectivity index (χ2n) is 3.96. The molecule has 1 fully saturated rings. The first-order valence-corrected chi connectivity index (χ1v) is 4.66. The molecule has 0 spiro atoms. The van der Waals surface area contributed by atoms with E-state index in [1.807, 2.05) is 24.3 Å². The van der Waals surface area contributed by atoms with Crippen LogP contribution < -0.4 is 10.5 Å². The monoisotopic (exact) mass is 213 g/mol. The van der Waals surface area contributed by atoms with Gasteiger partial charge in [-0.25, -0.2) is 0 Å². The molecule has 14 heavy (non-hydrogen) atoms. The summed E-state index contributed by atoms with van der Waals surface area (Å²) in [6.45, 7) is 2.71. The Bertz CT molecular complexity index is 293. The highest BCUT2D eigenvalue weighted by Crippen LogP contribution is 2.32. The van der Waals surface area contributed by atoms with Crippen molar-refractivity contribution in [2.45, 2.75) is 25.3 Å². The van der Waals surface area contributed by atoms with Gasteiger partial charge in [0.05, 0.1) is 5.54 Å². The summed E-state index contributed by atoms with van der Waals surface area (Å²) in [5.74, 6) is 0.919. The van der Waals surface area contributed by atoms with E-state index in [1.54, 1.807) is 0 Å². The Morgan fingerprint density at radius 3 is 2.36 bits per heavy atom. The molecule has 0 heterocycles. The van der Waals surface area contributed by atoms with E-state index in [0.717, 1.165) is 18.6 Å². The van der Waals surface area contributed by atoms with E-state index >= 15 is 0 Å². The Morgan fingerprint density at radius 2 is 1.86 bits per heavy atom. The van der Waals surface area contributed by atoms with Gasteiger partial charge in [0.15, 0.2) is 0 Å². The molecular formula is C11H16ClNO. The predicted molar refractivity (Wildman–Crippen MR) is 60.1 cm³/mol. The third-order valence-corrected chi connectivity index (χ3v) is 2.44. The molecular weight excluding hydrogens is 198 g/mol. The van der Waals surface area contributed by atoms with Crippen LogP contribution in [0.3, 0.4) is 0 Å². The molecule has 0 radical (unpaired) electrons. The number of aryl methyl sites for hydroxylation is 1. The lowest BCUT2D eigenvalue weighted by Gasteiger charge is -2.10. The van der Waals surface area contributed by atoms with E-state index in [0.29, 0.717) is 6.61 Å². The summed E-state index contributed by atoms with van der Waals surface area (Å²) < 4.78 is 5.56. The molecule has 0 saturated heterocycles. The average Bonchev–Trinajstić information content (AvgIpc) is 2.84. The maximum Gasteiger partial charge on any atom is 0.119 e. The van der Waals surface area contributed by atoms with Gasteiger partial charge in [0, 0.05) is 0 Å². The summed E-state index contributed by atoms with van der Waals surface area (Å²) >= 11 is 0. The van der Waals surface area contributed by atoms with Crippen LogP contribution in [-0.2, 0) is 0 Å². The number of benzene rings is 1. The summed E-state index contributed by atoms with van der Waals surface area (Å²) in [7, 11) is 0. The zero-order chi connectivity index (χ0) is 9.31. The molecule has 0 unspecified atom stereocenters. The maximum atomic E-state index is 5.90. The van der Waals surface area contributed by atoms with Crippen LogP contribution in [0.15, 0.2) is 24.3 Å². The Morgan fingerprint density at radius 1 is 1.29 bits per heavy atom. The van der Waals surface area contributed by atoms with E-state index in [4.69, 9.17) is 10.5 Å². The molecule has 0 aromatic heterocycles. The van der Waals surface area contributed by atoms with E-state index < -0.39 is 0 Å². The van der Waals surface area contributed by atoms with Crippen LogP contribution in [0.4, 0.5) is 0 Å². The summed E-state index contributed by atoms with van der Waals surface area (Å²) in [6.07, 6.45) is 2.19. The number of ether oxygens (including phenoxy) is 1. The lowest BCUT2D eigenvalue weighted by atomic mass is 10.2. The first-order valence-electron chi connectivity index (χ1n) is 4.66. The van der Waals surface area contributed by atoms with Crippen molar-refractivity contribution in [2.75, 3.05) is 6.61 Å². The zero-order valence-corrected chi connectivity index (χ0v) is 9.14. The Kier molecular flexibility index (Phi) is 3.40. The van der Waals surface area contributed by atoms with Crippen molar-refractivity contribution in [3.8, 4) is 5.75 Å². The zero-order valence-electron chi connectivity index (χ0n) is 8.32. The fraction of sp³-hybridized carbons (Fsp3) is 0.455. The van der Waals surface area contributed by atoms with Crippen LogP contribution in [0.2, 0.25) is 0 Å². The molecule has 1 saturated carbocycles. The number of hydrogen-bond donors (Lipinski definition) is 1. The smallest absolute Gasteiger partial charge is 0.119 e. The largest absolute Gasteiger partial charge is 0.492 e. The highest BCUT2D eigenvalue weighted by atomic mass is 35.5. The Hall–Kier alpha value is -0.730. The fourth-order valence-corrected chi connectivity index (χ4v) is 1.17. The second-order valence-corrected chi connectivity index (χ2v) is 3.96. The minimum atomic E-state index is -0.0229. The molecule has 3 heteroatoms. The highest BCUT2D eigenvalue weighted by molar-refractivity contribution is 5.85. The SMILES string of the molecule is Cc1ccc(OCC2(N)CC2)cc1.Cl. The summed E-state index contributed by atoms with van der Waals surface area (Å²) in [6, 6.07) is 8.07. The van der Waals surface area contributed by atoms with Gasteiger partial charge in [0.25, 0.3) is 0 Å². The lowest BCUT2D eigenvalue weighted by molar-refractivity contribution is 0.279. The van der Waals surface area contributed by atoms with Crippen LogP contribution in [0.25, 0.3) is 0 Å². The topological polar surface area (TPSA) is 35.2 Å². The Balaban J connectivity index is 0.000000980. The molecule has 0 atom stereocenters. The average molecular weight is 214 g/mol. The molecule has 1 aromatic carbocycles. The summed E-state index contributed by atoms with van der Waals surface area (Å²) in [4.78, 5) is 0. The molecule has 1 aliphatic rings. The highest BCUT2D eigenvalue weighted by Gasteiger charge is 2.38. The van der Waals surface area contributed by atoms with Gasteiger partial charge in [-0.2, -0.15) is 0 Å². The second kappa shape index (κ2) is 4.20. The van der Waals surface area contributed by atoms with Crippen LogP contribution in [0, 0.1) is 6.92 Å². The molecule has 0 amide bonds. The van der Waals surface area contributed by atoms with Gasteiger partial charge >= 0.3 is 0 Å². The summed E-state index contributed by atoms with van der Waals surface area (Å²) in [5, 5.41) is 0. The van der Waals surface area contributed by atoms with Crippen molar-refractivity contribution in [2.24, 2.45) is 5.73 Å². The number of rotatable bonds is 3. The van der Waals surface area contributed by atoms with Crippen molar-refractivity contribution in [1.82, 2.24) is 0 Å². The lowest BCUT2D eigenvalue weighted by Crippen LogP contribution is -2.29.